The van der Waals surface area contributed by atoms with Gasteiger partial charge in [-0.15, -0.1) is 0 Å². The number of nitrogens with zero attached hydrogens (tertiary/aromatic N) is 1. The van der Waals surface area contributed by atoms with Crippen molar-refractivity contribution >= 4 is 21.6 Å². The third-order valence-electron chi connectivity index (χ3n) is 2.55. The molecule has 0 saturated heterocycles. The van der Waals surface area contributed by atoms with Gasteiger partial charge in [0.1, 0.15) is 10.4 Å². The van der Waals surface area contributed by atoms with Crippen molar-refractivity contribution in [1.82, 2.24) is 4.98 Å². The van der Waals surface area contributed by atoms with E-state index in [0.717, 1.165) is 21.4 Å². The van der Waals surface area contributed by atoms with Crippen molar-refractivity contribution in [2.24, 2.45) is 0 Å². The van der Waals surface area contributed by atoms with Crippen LogP contribution in [0.15, 0.2) is 41.1 Å². The average molecular weight is 293 g/mol. The molecule has 1 aromatic carbocycles. The van der Waals surface area contributed by atoms with Crippen molar-refractivity contribution in [3.05, 3.63) is 52.3 Å². The summed E-state index contributed by atoms with van der Waals surface area (Å²) in [5.41, 5.74) is 2.67. The number of rotatable bonds is 3. The standard InChI is InChI=1S/C13H13BrN2O/c1-9-4-2-5-10(12(9)17)8-16-11-6-3-7-15-13(11)14/h2-7,16-17H,8H2,1H3. The Morgan fingerprint density at radius 1 is 1.29 bits per heavy atom. The minimum atomic E-state index is 0.347. The summed E-state index contributed by atoms with van der Waals surface area (Å²) in [5.74, 6) is 0.347. The monoisotopic (exact) mass is 292 g/mol. The SMILES string of the molecule is Cc1cccc(CNc2cccnc2Br)c1O. The van der Waals surface area contributed by atoms with E-state index in [4.69, 9.17) is 0 Å². The highest BCUT2D eigenvalue weighted by Gasteiger charge is 2.04. The van der Waals surface area contributed by atoms with E-state index >= 15 is 0 Å². The number of phenolic OH excluding ortho intramolecular Hbond substituents is 1. The molecule has 0 atom stereocenters. The van der Waals surface area contributed by atoms with Crippen molar-refractivity contribution in [3.8, 4) is 5.75 Å². The molecule has 0 aliphatic rings. The number of benzene rings is 1. The molecule has 2 rings (SSSR count). The van der Waals surface area contributed by atoms with Crippen LogP contribution in [0.25, 0.3) is 0 Å². The fourth-order valence-corrected chi connectivity index (χ4v) is 1.96. The smallest absolute Gasteiger partial charge is 0.129 e. The van der Waals surface area contributed by atoms with Gasteiger partial charge in [-0.3, -0.25) is 0 Å². The fraction of sp³-hybridized carbons (Fsp3) is 0.154. The minimum absolute atomic E-state index is 0.347. The van der Waals surface area contributed by atoms with Crippen LogP contribution >= 0.6 is 15.9 Å². The summed E-state index contributed by atoms with van der Waals surface area (Å²) in [6.45, 7) is 2.45. The number of hydrogen-bond acceptors (Lipinski definition) is 3. The molecule has 4 heteroatoms. The number of nitrogens with one attached hydrogen (secondary N) is 1. The zero-order chi connectivity index (χ0) is 12.3. The van der Waals surface area contributed by atoms with Gasteiger partial charge in [-0.2, -0.15) is 0 Å². The summed E-state index contributed by atoms with van der Waals surface area (Å²) in [6.07, 6.45) is 1.72. The average Bonchev–Trinajstić information content (AvgIpc) is 2.33. The highest BCUT2D eigenvalue weighted by Crippen LogP contribution is 2.24. The Bertz CT molecular complexity index is 529. The predicted molar refractivity (Wildman–Crippen MR) is 72.1 cm³/mol. The molecule has 1 aromatic heterocycles. The van der Waals surface area contributed by atoms with Gasteiger partial charge in [-0.05, 0) is 40.5 Å². The summed E-state index contributed by atoms with van der Waals surface area (Å²) in [7, 11) is 0. The number of aromatic hydroxyl groups is 1. The zero-order valence-electron chi connectivity index (χ0n) is 9.44. The highest BCUT2D eigenvalue weighted by atomic mass is 79.9. The first-order valence-corrected chi connectivity index (χ1v) is 6.09. The molecule has 0 unspecified atom stereocenters. The van der Waals surface area contributed by atoms with Crippen molar-refractivity contribution in [2.75, 3.05) is 5.32 Å². The first kappa shape index (κ1) is 11.9. The number of phenols is 1. The summed E-state index contributed by atoms with van der Waals surface area (Å²) < 4.78 is 0.771. The summed E-state index contributed by atoms with van der Waals surface area (Å²) >= 11 is 3.37. The number of hydrogen-bond donors (Lipinski definition) is 2. The Hall–Kier alpha value is -1.55. The van der Waals surface area contributed by atoms with Gasteiger partial charge in [0.25, 0.3) is 0 Å². The maximum absolute atomic E-state index is 9.88. The molecule has 3 nitrogen and oxygen atoms in total. The normalized spacial score (nSPS) is 10.2. The molecular weight excluding hydrogens is 280 g/mol. The molecule has 0 aliphatic heterocycles. The molecule has 17 heavy (non-hydrogen) atoms. The fourth-order valence-electron chi connectivity index (χ4n) is 1.57. The summed E-state index contributed by atoms with van der Waals surface area (Å²) in [4.78, 5) is 4.12. The van der Waals surface area contributed by atoms with Crippen molar-refractivity contribution in [3.63, 3.8) is 0 Å². The van der Waals surface area contributed by atoms with Crippen molar-refractivity contribution < 1.29 is 5.11 Å². The van der Waals surface area contributed by atoms with Gasteiger partial charge in [0.05, 0.1) is 5.69 Å². The zero-order valence-corrected chi connectivity index (χ0v) is 11.0. The van der Waals surface area contributed by atoms with Crippen LogP contribution in [-0.4, -0.2) is 10.1 Å². The highest BCUT2D eigenvalue weighted by molar-refractivity contribution is 9.10. The Kier molecular flexibility index (Phi) is 3.64. The number of aryl methyl sites for hydroxylation is 1. The van der Waals surface area contributed by atoms with Gasteiger partial charge in [0, 0.05) is 18.3 Å². The second-order valence-electron chi connectivity index (χ2n) is 3.78. The lowest BCUT2D eigenvalue weighted by molar-refractivity contribution is 0.465. The Morgan fingerprint density at radius 3 is 2.88 bits per heavy atom. The van der Waals surface area contributed by atoms with Crippen LogP contribution in [-0.2, 0) is 6.54 Å². The van der Waals surface area contributed by atoms with Gasteiger partial charge in [-0.1, -0.05) is 18.2 Å². The number of anilines is 1. The van der Waals surface area contributed by atoms with Crippen LogP contribution in [0.5, 0.6) is 5.75 Å². The molecule has 2 aromatic rings. The molecule has 0 fully saturated rings. The molecule has 0 bridgehead atoms. The van der Waals surface area contributed by atoms with Gasteiger partial charge in [0.15, 0.2) is 0 Å². The van der Waals surface area contributed by atoms with Crippen LogP contribution in [0.3, 0.4) is 0 Å². The molecule has 0 amide bonds. The van der Waals surface area contributed by atoms with E-state index in [0.29, 0.717) is 12.3 Å². The Labute approximate surface area is 109 Å². The lowest BCUT2D eigenvalue weighted by Gasteiger charge is -2.10. The largest absolute Gasteiger partial charge is 0.507 e. The van der Waals surface area contributed by atoms with Crippen molar-refractivity contribution in [2.45, 2.75) is 13.5 Å². The molecule has 2 N–H and O–H groups in total. The third-order valence-corrected chi connectivity index (χ3v) is 3.18. The number of pyridine rings is 1. The van der Waals surface area contributed by atoms with E-state index < -0.39 is 0 Å². The maximum Gasteiger partial charge on any atom is 0.129 e. The van der Waals surface area contributed by atoms with Crippen molar-refractivity contribution in [1.29, 1.82) is 0 Å². The van der Waals surface area contributed by atoms with Crippen LogP contribution < -0.4 is 5.32 Å². The molecule has 0 aliphatic carbocycles. The van der Waals surface area contributed by atoms with E-state index in [1.807, 2.05) is 37.3 Å². The quantitative estimate of drug-likeness (QED) is 0.852. The van der Waals surface area contributed by atoms with E-state index in [2.05, 4.69) is 26.2 Å². The minimum Gasteiger partial charge on any atom is -0.507 e. The molecule has 0 radical (unpaired) electrons. The first-order chi connectivity index (χ1) is 8.18. The van der Waals surface area contributed by atoms with Crippen LogP contribution in [0.1, 0.15) is 11.1 Å². The number of para-hydroxylation sites is 1. The van der Waals surface area contributed by atoms with Crippen LogP contribution in [0, 0.1) is 6.92 Å². The second-order valence-corrected chi connectivity index (χ2v) is 4.53. The number of aromatic nitrogens is 1. The molecule has 1 heterocycles. The predicted octanol–water partition coefficient (Wildman–Crippen LogP) is 3.47. The van der Waals surface area contributed by atoms with E-state index in [1.54, 1.807) is 6.20 Å². The van der Waals surface area contributed by atoms with E-state index in [1.165, 1.54) is 0 Å². The third kappa shape index (κ3) is 2.77. The van der Waals surface area contributed by atoms with Gasteiger partial charge >= 0.3 is 0 Å². The summed E-state index contributed by atoms with van der Waals surface area (Å²) in [5, 5.41) is 13.1. The second kappa shape index (κ2) is 5.19. The Balaban J connectivity index is 2.13. The lowest BCUT2D eigenvalue weighted by atomic mass is 10.1. The molecular formula is C13H13BrN2O. The topological polar surface area (TPSA) is 45.2 Å². The molecule has 0 saturated carbocycles. The van der Waals surface area contributed by atoms with Gasteiger partial charge in [0.2, 0.25) is 0 Å². The van der Waals surface area contributed by atoms with Crippen LogP contribution in [0.2, 0.25) is 0 Å². The van der Waals surface area contributed by atoms with Gasteiger partial charge in [-0.25, -0.2) is 4.98 Å². The van der Waals surface area contributed by atoms with E-state index in [9.17, 15) is 5.11 Å². The summed E-state index contributed by atoms with van der Waals surface area (Å²) in [6, 6.07) is 9.52. The maximum atomic E-state index is 9.88. The molecule has 88 valence electrons. The Morgan fingerprint density at radius 2 is 2.12 bits per heavy atom. The van der Waals surface area contributed by atoms with Gasteiger partial charge < -0.3 is 10.4 Å². The number of halogens is 1. The van der Waals surface area contributed by atoms with E-state index in [-0.39, 0.29) is 0 Å². The lowest BCUT2D eigenvalue weighted by Crippen LogP contribution is -2.01. The molecule has 0 spiro atoms. The van der Waals surface area contributed by atoms with Crippen LogP contribution in [0.4, 0.5) is 5.69 Å². The first-order valence-electron chi connectivity index (χ1n) is 5.30.